The molecule has 0 heterocycles. The molecule has 1 aromatic carbocycles. The third-order valence-electron chi connectivity index (χ3n) is 2.67. The van der Waals surface area contributed by atoms with Gasteiger partial charge in [0.25, 0.3) is 0 Å². The Labute approximate surface area is 126 Å². The zero-order valence-corrected chi connectivity index (χ0v) is 13.0. The lowest BCUT2D eigenvalue weighted by atomic mass is 10.1. The minimum atomic E-state index is -4.27. The fourth-order valence-electron chi connectivity index (χ4n) is 1.97. The molecular weight excluding hydrogens is 305 g/mol. The molecule has 0 aliphatic heterocycles. The van der Waals surface area contributed by atoms with E-state index in [1.807, 2.05) is 13.2 Å². The van der Waals surface area contributed by atoms with Crippen LogP contribution in [0.5, 0.6) is 0 Å². The Morgan fingerprint density at radius 3 is 2.50 bits per heavy atom. The van der Waals surface area contributed by atoms with Gasteiger partial charge in [0.15, 0.2) is 0 Å². The number of thioether (sulfide) groups is 1. The Bertz CT molecular complexity index is 475. The molecule has 0 amide bonds. The van der Waals surface area contributed by atoms with Crippen LogP contribution in [0.15, 0.2) is 23.1 Å². The predicted octanol–water partition coefficient (Wildman–Crippen LogP) is 3.82. The van der Waals surface area contributed by atoms with Gasteiger partial charge in [-0.25, -0.2) is 0 Å². The van der Waals surface area contributed by atoms with E-state index in [2.05, 4.69) is 0 Å². The maximum absolute atomic E-state index is 12.7. The molecule has 0 saturated heterocycles. The third-order valence-corrected chi connectivity index (χ3v) is 3.66. The number of benzene rings is 1. The highest BCUT2D eigenvalue weighted by atomic mass is 32.2. The quantitative estimate of drug-likeness (QED) is 0.637. The van der Waals surface area contributed by atoms with Crippen LogP contribution < -0.4 is 10.6 Å². The molecule has 7 heteroatoms. The van der Waals surface area contributed by atoms with E-state index in [4.69, 9.17) is 18.0 Å². The summed E-state index contributed by atoms with van der Waals surface area (Å²) < 4.78 is 38.2. The maximum Gasteiger partial charge on any atom is 0.405 e. The molecule has 112 valence electrons. The average Bonchev–Trinajstić information content (AvgIpc) is 2.35. The molecule has 0 aliphatic carbocycles. The molecule has 0 radical (unpaired) electrons. The number of thiocarbonyl (C=S) groups is 1. The van der Waals surface area contributed by atoms with Crippen molar-refractivity contribution in [2.75, 3.05) is 24.2 Å². The van der Waals surface area contributed by atoms with Crippen molar-refractivity contribution >= 4 is 34.7 Å². The summed E-state index contributed by atoms with van der Waals surface area (Å²) >= 11 is 6.42. The van der Waals surface area contributed by atoms with Crippen molar-refractivity contribution in [2.45, 2.75) is 24.4 Å². The molecule has 2 nitrogen and oxygen atoms in total. The summed E-state index contributed by atoms with van der Waals surface area (Å²) in [5.41, 5.74) is 6.67. The molecule has 1 aromatic rings. The number of rotatable bonds is 6. The third kappa shape index (κ3) is 4.56. The minimum Gasteiger partial charge on any atom is -0.389 e. The first kappa shape index (κ1) is 17.1. The normalized spacial score (nSPS) is 11.4. The average molecular weight is 322 g/mol. The summed E-state index contributed by atoms with van der Waals surface area (Å²) in [6.45, 7) is 1.13. The van der Waals surface area contributed by atoms with Gasteiger partial charge in [-0.1, -0.05) is 25.2 Å². The van der Waals surface area contributed by atoms with Crippen molar-refractivity contribution in [1.29, 1.82) is 0 Å². The Hall–Kier alpha value is -0.950. The molecule has 0 spiro atoms. The molecule has 2 N–H and O–H groups in total. The van der Waals surface area contributed by atoms with Crippen molar-refractivity contribution in [3.8, 4) is 0 Å². The van der Waals surface area contributed by atoms with Crippen molar-refractivity contribution in [1.82, 2.24) is 0 Å². The number of nitrogens with zero attached hydrogens (tertiary/aromatic N) is 1. The smallest absolute Gasteiger partial charge is 0.389 e. The SMILES string of the molecule is CCCN(CC(F)(F)F)c1cccc(SC)c1C(N)=S. The highest BCUT2D eigenvalue weighted by molar-refractivity contribution is 7.98. The lowest BCUT2D eigenvalue weighted by Gasteiger charge is -2.28. The molecule has 0 saturated carbocycles. The lowest BCUT2D eigenvalue weighted by Crippen LogP contribution is -2.36. The van der Waals surface area contributed by atoms with Crippen LogP contribution in [0.25, 0.3) is 0 Å². The Kier molecular flexibility index (Phi) is 6.13. The second-order valence-electron chi connectivity index (χ2n) is 4.26. The zero-order valence-electron chi connectivity index (χ0n) is 11.3. The van der Waals surface area contributed by atoms with Crippen LogP contribution in [-0.2, 0) is 0 Å². The monoisotopic (exact) mass is 322 g/mol. The van der Waals surface area contributed by atoms with Gasteiger partial charge < -0.3 is 10.6 Å². The summed E-state index contributed by atoms with van der Waals surface area (Å²) in [5.74, 6) is 0. The van der Waals surface area contributed by atoms with Gasteiger partial charge in [0.05, 0.1) is 0 Å². The number of nitrogens with two attached hydrogens (primary N) is 1. The van der Waals surface area contributed by atoms with Crippen molar-refractivity contribution in [2.24, 2.45) is 5.73 Å². The van der Waals surface area contributed by atoms with Crippen LogP contribution in [0, 0.1) is 0 Å². The number of alkyl halides is 3. The summed E-state index contributed by atoms with van der Waals surface area (Å²) in [6.07, 6.45) is -1.82. The molecule has 20 heavy (non-hydrogen) atoms. The van der Waals surface area contributed by atoms with Crippen LogP contribution in [-0.4, -0.2) is 30.5 Å². The molecule has 1 rings (SSSR count). The van der Waals surface area contributed by atoms with Crippen LogP contribution in [0.3, 0.4) is 0 Å². The Morgan fingerprint density at radius 2 is 2.05 bits per heavy atom. The van der Waals surface area contributed by atoms with Crippen LogP contribution in [0.1, 0.15) is 18.9 Å². The molecule has 0 bridgehead atoms. The first-order valence-electron chi connectivity index (χ1n) is 6.08. The van der Waals surface area contributed by atoms with Gasteiger partial charge in [0, 0.05) is 22.7 Å². The van der Waals surface area contributed by atoms with Gasteiger partial charge in [-0.05, 0) is 24.8 Å². The second-order valence-corrected chi connectivity index (χ2v) is 5.54. The Balaban J connectivity index is 3.28. The summed E-state index contributed by atoms with van der Waals surface area (Å²) in [7, 11) is 0. The van der Waals surface area contributed by atoms with Crippen molar-refractivity contribution in [3.05, 3.63) is 23.8 Å². The van der Waals surface area contributed by atoms with Crippen molar-refractivity contribution in [3.63, 3.8) is 0 Å². The fraction of sp³-hybridized carbons (Fsp3) is 0.462. The van der Waals surface area contributed by atoms with Gasteiger partial charge in [-0.3, -0.25) is 0 Å². The van der Waals surface area contributed by atoms with Crippen LogP contribution >= 0.6 is 24.0 Å². The standard InChI is InChI=1S/C13H17F3N2S2/c1-3-7-18(8-13(14,15)16)9-5-4-6-10(20-2)11(9)12(17)19/h4-6H,3,7-8H2,1-2H3,(H2,17,19). The largest absolute Gasteiger partial charge is 0.405 e. The Morgan fingerprint density at radius 1 is 1.40 bits per heavy atom. The molecule has 0 aliphatic rings. The first-order valence-corrected chi connectivity index (χ1v) is 7.72. The highest BCUT2D eigenvalue weighted by Crippen LogP contribution is 2.31. The summed E-state index contributed by atoms with van der Waals surface area (Å²) in [4.78, 5) is 2.19. The molecule has 0 atom stereocenters. The summed E-state index contributed by atoms with van der Waals surface area (Å²) in [6, 6.07) is 5.16. The second kappa shape index (κ2) is 7.17. The van der Waals surface area contributed by atoms with Gasteiger partial charge in [0.1, 0.15) is 11.5 Å². The minimum absolute atomic E-state index is 0.119. The highest BCUT2D eigenvalue weighted by Gasteiger charge is 2.31. The van der Waals surface area contributed by atoms with E-state index in [1.165, 1.54) is 16.7 Å². The first-order chi connectivity index (χ1) is 9.30. The van der Waals surface area contributed by atoms with E-state index in [0.29, 0.717) is 24.2 Å². The van der Waals surface area contributed by atoms with E-state index in [9.17, 15) is 13.2 Å². The maximum atomic E-state index is 12.7. The molecule has 0 aromatic heterocycles. The van der Waals surface area contributed by atoms with Gasteiger partial charge in [-0.15, -0.1) is 11.8 Å². The predicted molar refractivity (Wildman–Crippen MR) is 82.7 cm³/mol. The number of hydrogen-bond acceptors (Lipinski definition) is 3. The topological polar surface area (TPSA) is 29.3 Å². The lowest BCUT2D eigenvalue weighted by molar-refractivity contribution is -0.119. The van der Waals surface area contributed by atoms with E-state index in [-0.39, 0.29) is 4.99 Å². The van der Waals surface area contributed by atoms with Crippen LogP contribution in [0.4, 0.5) is 18.9 Å². The summed E-state index contributed by atoms with van der Waals surface area (Å²) in [5, 5.41) is 0. The number of halogens is 3. The fourth-order valence-corrected chi connectivity index (χ4v) is 2.88. The van der Waals surface area contributed by atoms with Crippen LogP contribution in [0.2, 0.25) is 0 Å². The van der Waals surface area contributed by atoms with Crippen molar-refractivity contribution < 1.29 is 13.2 Å². The number of hydrogen-bond donors (Lipinski definition) is 1. The molecular formula is C13H17F3N2S2. The van der Waals surface area contributed by atoms with E-state index in [0.717, 1.165) is 4.90 Å². The number of anilines is 1. The zero-order chi connectivity index (χ0) is 15.3. The molecule has 0 unspecified atom stereocenters. The van der Waals surface area contributed by atoms with Gasteiger partial charge in [-0.2, -0.15) is 13.2 Å². The molecule has 0 fully saturated rings. The van der Waals surface area contributed by atoms with E-state index in [1.54, 1.807) is 18.2 Å². The van der Waals surface area contributed by atoms with Gasteiger partial charge >= 0.3 is 6.18 Å². The van der Waals surface area contributed by atoms with Gasteiger partial charge in [0.2, 0.25) is 0 Å². The van der Waals surface area contributed by atoms with E-state index < -0.39 is 12.7 Å². The van der Waals surface area contributed by atoms with E-state index >= 15 is 0 Å².